The van der Waals surface area contributed by atoms with Crippen LogP contribution in [-0.2, 0) is 14.8 Å². The highest BCUT2D eigenvalue weighted by Gasteiger charge is 2.42. The predicted molar refractivity (Wildman–Crippen MR) is 64.0 cm³/mol. The lowest BCUT2D eigenvalue weighted by molar-refractivity contribution is 0.258. The fourth-order valence-corrected chi connectivity index (χ4v) is 4.59. The zero-order valence-corrected chi connectivity index (χ0v) is 11.2. The van der Waals surface area contributed by atoms with Crippen LogP contribution in [0.25, 0.3) is 0 Å². The highest BCUT2D eigenvalue weighted by atomic mass is 79.9. The number of hydrogen-bond acceptors (Lipinski definition) is 5. The quantitative estimate of drug-likeness (QED) is 0.737. The number of rotatable bonds is 1. The van der Waals surface area contributed by atoms with E-state index in [-0.39, 0.29) is 17.0 Å². The molecule has 2 aliphatic heterocycles. The van der Waals surface area contributed by atoms with Gasteiger partial charge in [-0.3, -0.25) is 0 Å². The molecule has 1 fully saturated rings. The Morgan fingerprint density at radius 3 is 3.19 bits per heavy atom. The third-order valence-electron chi connectivity index (χ3n) is 2.42. The average molecular weight is 323 g/mol. The summed E-state index contributed by atoms with van der Waals surface area (Å²) < 4.78 is 31.0. The second-order valence-electron chi connectivity index (χ2n) is 3.45. The van der Waals surface area contributed by atoms with Crippen molar-refractivity contribution in [2.24, 2.45) is 4.99 Å². The van der Waals surface area contributed by atoms with Crippen LogP contribution in [0, 0.1) is 0 Å². The van der Waals surface area contributed by atoms with Gasteiger partial charge in [0.25, 0.3) is 10.0 Å². The topological polar surface area (TPSA) is 59.0 Å². The van der Waals surface area contributed by atoms with Crippen molar-refractivity contribution in [3.05, 3.63) is 10.8 Å². The molecule has 5 nitrogen and oxygen atoms in total. The molecular formula is C8H7BrN2O3S2. The molecule has 0 N–H and O–H groups in total. The first-order valence-electron chi connectivity index (χ1n) is 4.53. The SMILES string of the molecule is O=S1(=O)c2cscc2N=C2OC(CBr)CN21. The summed E-state index contributed by atoms with van der Waals surface area (Å²) in [5.41, 5.74) is 0.478. The Morgan fingerprint density at radius 1 is 1.62 bits per heavy atom. The molecular weight excluding hydrogens is 316 g/mol. The van der Waals surface area contributed by atoms with Crippen LogP contribution in [0.2, 0.25) is 0 Å². The molecule has 0 radical (unpaired) electrons. The van der Waals surface area contributed by atoms with E-state index in [0.29, 0.717) is 17.6 Å². The first kappa shape index (κ1) is 10.5. The van der Waals surface area contributed by atoms with Crippen LogP contribution in [0.15, 0.2) is 20.6 Å². The third kappa shape index (κ3) is 1.33. The van der Waals surface area contributed by atoms with E-state index >= 15 is 0 Å². The number of ether oxygens (including phenoxy) is 1. The van der Waals surface area contributed by atoms with Gasteiger partial charge in [0, 0.05) is 16.1 Å². The van der Waals surface area contributed by atoms with Gasteiger partial charge in [-0.15, -0.1) is 11.3 Å². The minimum atomic E-state index is -3.45. The summed E-state index contributed by atoms with van der Waals surface area (Å²) in [6.07, 6.45) is -0.166. The molecule has 0 spiro atoms. The predicted octanol–water partition coefficient (Wildman–Crippen LogP) is 1.53. The number of halogens is 1. The molecule has 1 aromatic rings. The summed E-state index contributed by atoms with van der Waals surface area (Å²) in [6.45, 7) is 0.321. The molecule has 0 bridgehead atoms. The third-order valence-corrected chi connectivity index (χ3v) is 5.79. The fourth-order valence-electron chi connectivity index (χ4n) is 1.65. The summed E-state index contributed by atoms with van der Waals surface area (Å²) in [4.78, 5) is 4.47. The molecule has 2 aliphatic rings. The van der Waals surface area contributed by atoms with Crippen molar-refractivity contribution >= 4 is 49.0 Å². The minimum absolute atomic E-state index is 0.166. The van der Waals surface area contributed by atoms with Crippen molar-refractivity contribution in [1.82, 2.24) is 4.31 Å². The van der Waals surface area contributed by atoms with E-state index in [1.165, 1.54) is 15.6 Å². The van der Waals surface area contributed by atoms with Gasteiger partial charge in [-0.25, -0.2) is 12.7 Å². The molecule has 3 rings (SSSR count). The summed E-state index contributed by atoms with van der Waals surface area (Å²) in [5.74, 6) is 0. The summed E-state index contributed by atoms with van der Waals surface area (Å²) >= 11 is 4.60. The van der Waals surface area contributed by atoms with Crippen molar-refractivity contribution in [2.45, 2.75) is 11.0 Å². The number of sulfonamides is 1. The summed E-state index contributed by atoms with van der Waals surface area (Å²) in [5, 5.41) is 3.90. The molecule has 1 unspecified atom stereocenters. The van der Waals surface area contributed by atoms with Gasteiger partial charge in [0.1, 0.15) is 11.0 Å². The van der Waals surface area contributed by atoms with Gasteiger partial charge in [0.05, 0.1) is 12.2 Å². The van der Waals surface area contributed by atoms with Crippen molar-refractivity contribution in [3.8, 4) is 0 Å². The van der Waals surface area contributed by atoms with Crippen molar-refractivity contribution < 1.29 is 13.2 Å². The number of aliphatic imine (C=N–C) groups is 1. The zero-order valence-electron chi connectivity index (χ0n) is 7.96. The molecule has 1 aromatic heterocycles. The summed E-state index contributed by atoms with van der Waals surface area (Å²) in [6, 6.07) is 0.190. The standard InChI is InChI=1S/C8H7BrN2O3S2/c9-1-5-2-11-8(14-5)10-6-3-15-4-7(6)16(11,12)13/h3-5H,1-2H2. The Bertz CT molecular complexity index is 566. The number of alkyl halides is 1. The van der Waals surface area contributed by atoms with Crippen LogP contribution in [0.3, 0.4) is 0 Å². The highest BCUT2D eigenvalue weighted by Crippen LogP contribution is 2.37. The van der Waals surface area contributed by atoms with Gasteiger partial charge >= 0.3 is 6.02 Å². The van der Waals surface area contributed by atoms with E-state index < -0.39 is 10.0 Å². The molecule has 0 aromatic carbocycles. The van der Waals surface area contributed by atoms with E-state index in [9.17, 15) is 8.42 Å². The van der Waals surface area contributed by atoms with Crippen LogP contribution < -0.4 is 0 Å². The van der Waals surface area contributed by atoms with E-state index in [1.807, 2.05) is 0 Å². The van der Waals surface area contributed by atoms with Crippen LogP contribution in [0.1, 0.15) is 0 Å². The van der Waals surface area contributed by atoms with Gasteiger partial charge in [0.15, 0.2) is 0 Å². The Kier molecular flexibility index (Phi) is 2.27. The number of thiophene rings is 1. The van der Waals surface area contributed by atoms with Crippen LogP contribution in [-0.4, -0.2) is 36.7 Å². The first-order chi connectivity index (χ1) is 7.63. The largest absolute Gasteiger partial charge is 0.458 e. The van der Waals surface area contributed by atoms with Gasteiger partial charge in [-0.2, -0.15) is 4.99 Å². The normalized spacial score (nSPS) is 25.7. The summed E-state index contributed by atoms with van der Waals surface area (Å²) in [7, 11) is -3.45. The lowest BCUT2D eigenvalue weighted by Crippen LogP contribution is -2.35. The van der Waals surface area contributed by atoms with E-state index in [2.05, 4.69) is 20.9 Å². The molecule has 0 aliphatic carbocycles. The van der Waals surface area contributed by atoms with Gasteiger partial charge in [-0.1, -0.05) is 15.9 Å². The highest BCUT2D eigenvalue weighted by molar-refractivity contribution is 9.09. The molecule has 8 heteroatoms. The van der Waals surface area contributed by atoms with E-state index in [0.717, 1.165) is 0 Å². The Labute approximate surface area is 105 Å². The first-order valence-corrected chi connectivity index (χ1v) is 8.03. The lowest BCUT2D eigenvalue weighted by Gasteiger charge is -2.19. The maximum atomic E-state index is 12.2. The molecule has 1 atom stereocenters. The number of amidine groups is 1. The van der Waals surface area contributed by atoms with Gasteiger partial charge in [-0.05, 0) is 0 Å². The lowest BCUT2D eigenvalue weighted by atomic mass is 10.4. The maximum Gasteiger partial charge on any atom is 0.307 e. The second-order valence-corrected chi connectivity index (χ2v) is 6.67. The second kappa shape index (κ2) is 3.44. The number of hydrogen-bond donors (Lipinski definition) is 0. The number of nitrogens with zero attached hydrogens (tertiary/aromatic N) is 2. The van der Waals surface area contributed by atoms with Crippen LogP contribution in [0.4, 0.5) is 5.69 Å². The molecule has 0 amide bonds. The smallest absolute Gasteiger partial charge is 0.307 e. The Hall–Kier alpha value is -0.600. The van der Waals surface area contributed by atoms with Crippen molar-refractivity contribution in [1.29, 1.82) is 0 Å². The minimum Gasteiger partial charge on any atom is -0.458 e. The molecule has 86 valence electrons. The zero-order chi connectivity index (χ0) is 11.3. The van der Waals surface area contributed by atoms with Crippen molar-refractivity contribution in [2.75, 3.05) is 11.9 Å². The number of fused-ring (bicyclic) bond motifs is 2. The maximum absolute atomic E-state index is 12.2. The molecule has 3 heterocycles. The van der Waals surface area contributed by atoms with Crippen LogP contribution in [0.5, 0.6) is 0 Å². The average Bonchev–Trinajstić information content (AvgIpc) is 2.84. The Morgan fingerprint density at radius 2 is 2.44 bits per heavy atom. The molecule has 0 saturated carbocycles. The van der Waals surface area contributed by atoms with Crippen LogP contribution >= 0.6 is 27.3 Å². The van der Waals surface area contributed by atoms with Gasteiger partial charge < -0.3 is 4.74 Å². The Balaban J connectivity index is 2.14. The fraction of sp³-hybridized carbons (Fsp3) is 0.375. The monoisotopic (exact) mass is 322 g/mol. The van der Waals surface area contributed by atoms with Gasteiger partial charge in [0.2, 0.25) is 0 Å². The van der Waals surface area contributed by atoms with E-state index in [1.54, 1.807) is 10.8 Å². The van der Waals surface area contributed by atoms with Crippen molar-refractivity contribution in [3.63, 3.8) is 0 Å². The molecule has 16 heavy (non-hydrogen) atoms. The van der Waals surface area contributed by atoms with E-state index in [4.69, 9.17) is 4.74 Å². The molecule has 1 saturated heterocycles.